The molecule has 0 saturated carbocycles. The van der Waals surface area contributed by atoms with Crippen molar-refractivity contribution >= 4 is 11.9 Å². The summed E-state index contributed by atoms with van der Waals surface area (Å²) in [5.41, 5.74) is 0. The molecular weight excluding hydrogens is 1170 g/mol. The molecule has 1 unspecified atom stereocenters. The Morgan fingerprint density at radius 1 is 0.240 bits per heavy atom. The van der Waals surface area contributed by atoms with Crippen LogP contribution in [0.2, 0.25) is 0 Å². The van der Waals surface area contributed by atoms with Gasteiger partial charge < -0.3 is 14.6 Å². The van der Waals surface area contributed by atoms with Crippen molar-refractivity contribution in [2.24, 2.45) is 0 Å². The number of aliphatic hydroxyl groups excluding tert-OH is 1. The number of unbranched alkanes of at least 4 members (excludes halogenated alkanes) is 32. The van der Waals surface area contributed by atoms with E-state index in [0.29, 0.717) is 12.8 Å². The molecule has 5 nitrogen and oxygen atoms in total. The van der Waals surface area contributed by atoms with Crippen molar-refractivity contribution in [1.29, 1.82) is 0 Å². The minimum atomic E-state index is -0.784. The van der Waals surface area contributed by atoms with Gasteiger partial charge in [-0.3, -0.25) is 9.59 Å². The van der Waals surface area contributed by atoms with E-state index in [-0.39, 0.29) is 25.2 Å². The Balaban J connectivity index is 3.50. The highest BCUT2D eigenvalue weighted by atomic mass is 16.6. The second kappa shape index (κ2) is 84.0. The highest BCUT2D eigenvalue weighted by Crippen LogP contribution is 2.18. The molecule has 0 rings (SSSR count). The lowest BCUT2D eigenvalue weighted by atomic mass is 10.0. The van der Waals surface area contributed by atoms with E-state index in [9.17, 15) is 14.7 Å². The molecule has 0 heterocycles. The van der Waals surface area contributed by atoms with Crippen LogP contribution in [0.4, 0.5) is 0 Å². The van der Waals surface area contributed by atoms with E-state index in [1.54, 1.807) is 0 Å². The molecule has 0 aliphatic heterocycles. The molecule has 0 radical (unpaired) electrons. The molecule has 0 saturated heterocycles. The molecule has 542 valence electrons. The summed E-state index contributed by atoms with van der Waals surface area (Å²) in [6.45, 7) is 3.93. The number of carbonyl (C=O) groups is 2. The molecule has 0 spiro atoms. The quantitative estimate of drug-likeness (QED) is 0.0373. The molecule has 1 N–H and O–H groups in total. The maximum Gasteiger partial charge on any atom is 0.306 e. The maximum absolute atomic E-state index is 12.4. The fourth-order valence-corrected chi connectivity index (χ4v) is 11.0. The molecule has 96 heavy (non-hydrogen) atoms. The lowest BCUT2D eigenvalue weighted by Gasteiger charge is -2.15. The Morgan fingerprint density at radius 3 is 0.625 bits per heavy atom. The predicted octanol–water partition coefficient (Wildman–Crippen LogP) is 28.7. The maximum atomic E-state index is 12.4. The zero-order chi connectivity index (χ0) is 69.0. The molecule has 0 amide bonds. The lowest BCUT2D eigenvalue weighted by Crippen LogP contribution is -2.28. The molecule has 0 fully saturated rings. The van der Waals surface area contributed by atoms with Crippen LogP contribution in [0.1, 0.15) is 348 Å². The molecule has 0 aromatic rings. The van der Waals surface area contributed by atoms with Crippen LogP contribution in [-0.4, -0.2) is 36.4 Å². The Hall–Kier alpha value is -5.26. The van der Waals surface area contributed by atoms with Crippen LogP contribution in [-0.2, 0) is 19.1 Å². The van der Waals surface area contributed by atoms with E-state index in [0.717, 1.165) is 141 Å². The van der Waals surface area contributed by atoms with Gasteiger partial charge in [-0.25, -0.2) is 0 Å². The predicted molar refractivity (Wildman–Crippen MR) is 426 cm³/mol. The smallest absolute Gasteiger partial charge is 0.306 e. The first-order valence-electron chi connectivity index (χ1n) is 40.0. The normalized spacial score (nSPS) is 13.3. The number of aliphatic hydroxyl groups is 1. The molecule has 1 atom stereocenters. The molecular formula is C91H148O5. The molecule has 0 aromatic carbocycles. The first-order valence-corrected chi connectivity index (χ1v) is 40.0. The number of rotatable bonds is 72. The highest BCUT2D eigenvalue weighted by Gasteiger charge is 2.16. The number of esters is 2. The first kappa shape index (κ1) is 90.7. The van der Waals surface area contributed by atoms with Crippen molar-refractivity contribution in [3.63, 3.8) is 0 Å². The minimum Gasteiger partial charge on any atom is -0.462 e. The van der Waals surface area contributed by atoms with Gasteiger partial charge in [-0.05, 0) is 141 Å². The highest BCUT2D eigenvalue weighted by molar-refractivity contribution is 5.70. The van der Waals surface area contributed by atoms with Gasteiger partial charge in [0.25, 0.3) is 0 Å². The van der Waals surface area contributed by atoms with Gasteiger partial charge in [0.05, 0.1) is 6.61 Å². The Morgan fingerprint density at radius 2 is 0.417 bits per heavy atom. The van der Waals surface area contributed by atoms with E-state index in [4.69, 9.17) is 9.47 Å². The van der Waals surface area contributed by atoms with Crippen molar-refractivity contribution < 1.29 is 24.2 Å². The number of allylic oxidation sites excluding steroid dienone is 32. The van der Waals surface area contributed by atoms with E-state index in [2.05, 4.69) is 208 Å². The SMILES string of the molecule is CC/C=C\C/C=C\C/C=C\C/C=C\C/C=C\C/C=C\C/C=C\C/C=C\C/C=C\CCCCCCCCCCCCCCCC(=O)OC(CO)COC(=O)CCCCCCCCCCCCCCCCCCCCC/C=C\C/C=C\C/C=C\C/C=C\C/C=C\C/C=C\C/C=C\CC. The summed E-state index contributed by atoms with van der Waals surface area (Å²) < 4.78 is 10.8. The van der Waals surface area contributed by atoms with Crippen LogP contribution in [0, 0.1) is 0 Å². The standard InChI is InChI=1S/C91H148O5/c1-3-5-7-9-11-13-15-17-19-21-23-25-27-29-31-33-35-37-39-41-43-45-47-49-51-53-55-57-59-61-63-65-67-69-71-73-75-77-79-81-83-85-90(93)95-88-89(87-92)96-91(94)86-84-82-80-78-76-74-72-70-68-66-64-62-60-58-56-54-52-50-48-46-44-42-40-38-36-34-32-30-28-26-24-22-20-18-16-14-12-10-8-6-4-2/h5-8,11-14,17-20,23-26,29-32,35-38,41-44,48,50,54,56,89,92H,3-4,9-10,15-16,21-22,27-28,33-34,39-40,45-47,49,51-53,55,57-88H2,1-2H3/b7-5-,8-6-,13-11-,14-12-,19-17-,20-18-,25-23-,26-24-,31-29-,32-30-,37-35-,38-36-,43-41-,44-42-,50-48-,56-54-. The van der Waals surface area contributed by atoms with Crippen LogP contribution in [0.3, 0.4) is 0 Å². The number of ether oxygens (including phenoxy) is 2. The van der Waals surface area contributed by atoms with E-state index < -0.39 is 6.10 Å². The third-order valence-electron chi connectivity index (χ3n) is 16.9. The van der Waals surface area contributed by atoms with Crippen LogP contribution < -0.4 is 0 Å². The Kier molecular flexibility index (Phi) is 79.4. The van der Waals surface area contributed by atoms with Crippen molar-refractivity contribution in [1.82, 2.24) is 0 Å². The largest absolute Gasteiger partial charge is 0.462 e. The zero-order valence-corrected chi connectivity index (χ0v) is 62.3. The third kappa shape index (κ3) is 81.2. The number of hydrogen-bond acceptors (Lipinski definition) is 5. The average molecular weight is 1320 g/mol. The second-order valence-electron chi connectivity index (χ2n) is 26.0. The Bertz CT molecular complexity index is 2140. The number of carbonyl (C=O) groups excluding carboxylic acids is 2. The molecule has 0 aliphatic carbocycles. The fraction of sp³-hybridized carbons (Fsp3) is 0.626. The summed E-state index contributed by atoms with van der Waals surface area (Å²) in [4.78, 5) is 24.7. The third-order valence-corrected chi connectivity index (χ3v) is 16.9. The van der Waals surface area contributed by atoms with Gasteiger partial charge in [0.2, 0.25) is 0 Å². The van der Waals surface area contributed by atoms with Gasteiger partial charge in [0, 0.05) is 12.8 Å². The van der Waals surface area contributed by atoms with Crippen LogP contribution in [0.5, 0.6) is 0 Å². The number of hydrogen-bond donors (Lipinski definition) is 1. The summed E-state index contributed by atoms with van der Waals surface area (Å²) in [5.74, 6) is -0.588. The van der Waals surface area contributed by atoms with Crippen molar-refractivity contribution in [3.05, 3.63) is 194 Å². The second-order valence-corrected chi connectivity index (χ2v) is 26.0. The molecule has 0 aromatic heterocycles. The molecule has 0 aliphatic rings. The molecule has 0 bridgehead atoms. The van der Waals surface area contributed by atoms with Crippen LogP contribution in [0.15, 0.2) is 194 Å². The topological polar surface area (TPSA) is 72.8 Å². The van der Waals surface area contributed by atoms with Gasteiger partial charge in [0.1, 0.15) is 6.61 Å². The Labute approximate surface area is 594 Å². The minimum absolute atomic E-state index is 0.0717. The van der Waals surface area contributed by atoms with E-state index in [1.807, 2.05) is 0 Å². The van der Waals surface area contributed by atoms with Crippen molar-refractivity contribution in [2.45, 2.75) is 354 Å². The van der Waals surface area contributed by atoms with Gasteiger partial charge in [-0.2, -0.15) is 0 Å². The van der Waals surface area contributed by atoms with Crippen molar-refractivity contribution in [2.75, 3.05) is 13.2 Å². The summed E-state index contributed by atoms with van der Waals surface area (Å²) in [6, 6.07) is 0. The van der Waals surface area contributed by atoms with Crippen LogP contribution >= 0.6 is 0 Å². The lowest BCUT2D eigenvalue weighted by molar-refractivity contribution is -0.161. The van der Waals surface area contributed by atoms with E-state index >= 15 is 0 Å². The van der Waals surface area contributed by atoms with Gasteiger partial charge in [-0.15, -0.1) is 0 Å². The monoisotopic (exact) mass is 1320 g/mol. The summed E-state index contributed by atoms with van der Waals surface area (Å²) in [6.07, 6.45) is 132. The first-order chi connectivity index (χ1) is 47.6. The van der Waals surface area contributed by atoms with E-state index in [1.165, 1.54) is 180 Å². The summed E-state index contributed by atoms with van der Waals surface area (Å²) >= 11 is 0. The van der Waals surface area contributed by atoms with Crippen molar-refractivity contribution in [3.8, 4) is 0 Å². The molecule has 5 heteroatoms. The van der Waals surface area contributed by atoms with Gasteiger partial charge in [0.15, 0.2) is 6.10 Å². The fourth-order valence-electron chi connectivity index (χ4n) is 11.0. The van der Waals surface area contributed by atoms with Gasteiger partial charge in [-0.1, -0.05) is 388 Å². The summed E-state index contributed by atoms with van der Waals surface area (Å²) in [5, 5.41) is 9.73. The zero-order valence-electron chi connectivity index (χ0n) is 62.3. The van der Waals surface area contributed by atoms with Crippen LogP contribution in [0.25, 0.3) is 0 Å². The summed E-state index contributed by atoms with van der Waals surface area (Å²) in [7, 11) is 0. The van der Waals surface area contributed by atoms with Gasteiger partial charge >= 0.3 is 11.9 Å². The average Bonchev–Trinajstić information content (AvgIpc) is 3.79.